The maximum Gasteiger partial charge on any atom is 0.269 e. The summed E-state index contributed by atoms with van der Waals surface area (Å²) in [5.74, 6) is 1.64. The fourth-order valence-electron chi connectivity index (χ4n) is 3.88. The lowest BCUT2D eigenvalue weighted by atomic mass is 10.1. The molecule has 1 amide bonds. The molecule has 0 saturated carbocycles. The van der Waals surface area contributed by atoms with Gasteiger partial charge in [0.25, 0.3) is 5.91 Å². The Labute approximate surface area is 216 Å². The van der Waals surface area contributed by atoms with E-state index in [0.29, 0.717) is 23.1 Å². The van der Waals surface area contributed by atoms with Gasteiger partial charge in [0.15, 0.2) is 0 Å². The number of amides is 1. The molecule has 0 unspecified atom stereocenters. The van der Waals surface area contributed by atoms with Gasteiger partial charge in [0.2, 0.25) is 0 Å². The lowest BCUT2D eigenvalue weighted by Gasteiger charge is -2.27. The molecular weight excluding hydrogens is 472 g/mol. The van der Waals surface area contributed by atoms with Gasteiger partial charge in [0, 0.05) is 69.4 Å². The zero-order valence-electron chi connectivity index (χ0n) is 20.5. The van der Waals surface area contributed by atoms with Crippen LogP contribution in [0.4, 0.5) is 5.69 Å². The number of carbonyl (C=O) groups is 1. The number of nitrogens with zero attached hydrogens (tertiary/aromatic N) is 3. The molecule has 9 heteroatoms. The molecule has 2 heterocycles. The third-order valence-corrected chi connectivity index (χ3v) is 6.81. The highest BCUT2D eigenvalue weighted by atomic mass is 32.2. The largest absolute Gasteiger partial charge is 0.457 e. The summed E-state index contributed by atoms with van der Waals surface area (Å²) in [5, 5.41) is 9.45. The molecular formula is C27H32N6O2S. The lowest BCUT2D eigenvalue weighted by molar-refractivity contribution is 0.0958. The molecule has 1 aliphatic rings. The highest BCUT2D eigenvalue weighted by Crippen LogP contribution is 2.34. The van der Waals surface area contributed by atoms with Crippen LogP contribution >= 0.6 is 11.8 Å². The molecule has 8 nitrogen and oxygen atoms in total. The minimum atomic E-state index is -0.261. The number of nitrogens with one attached hydrogen (secondary N) is 3. The second kappa shape index (κ2) is 13.2. The van der Waals surface area contributed by atoms with Crippen LogP contribution in [0.2, 0.25) is 0 Å². The minimum absolute atomic E-state index is 0.261. The van der Waals surface area contributed by atoms with Gasteiger partial charge < -0.3 is 20.7 Å². The number of hydrogen-bond acceptors (Lipinski definition) is 8. The molecule has 0 spiro atoms. The normalized spacial score (nSPS) is 13.8. The molecule has 4 rings (SSSR count). The Hall–Kier alpha value is -3.24. The van der Waals surface area contributed by atoms with Crippen molar-refractivity contribution in [3.05, 3.63) is 77.6 Å². The Balaban J connectivity index is 1.29. The van der Waals surface area contributed by atoms with Crippen molar-refractivity contribution in [3.63, 3.8) is 0 Å². The number of rotatable bonds is 11. The second-order valence-electron chi connectivity index (χ2n) is 8.40. The van der Waals surface area contributed by atoms with Crippen LogP contribution in [0.5, 0.6) is 11.5 Å². The summed E-state index contributed by atoms with van der Waals surface area (Å²) in [4.78, 5) is 23.5. The van der Waals surface area contributed by atoms with Gasteiger partial charge >= 0.3 is 0 Å². The predicted molar refractivity (Wildman–Crippen MR) is 146 cm³/mol. The molecule has 188 valence electrons. The number of aromatic nitrogens is 1. The number of hydrogen-bond donors (Lipinski definition) is 3. The van der Waals surface area contributed by atoms with Gasteiger partial charge in [-0.15, -0.1) is 11.8 Å². The number of benzene rings is 2. The molecule has 36 heavy (non-hydrogen) atoms. The van der Waals surface area contributed by atoms with Gasteiger partial charge in [0.1, 0.15) is 17.2 Å². The van der Waals surface area contributed by atoms with E-state index >= 15 is 0 Å². The van der Waals surface area contributed by atoms with Crippen LogP contribution < -0.4 is 20.7 Å². The summed E-state index contributed by atoms with van der Waals surface area (Å²) in [5.41, 5.74) is 3.70. The zero-order valence-corrected chi connectivity index (χ0v) is 21.3. The van der Waals surface area contributed by atoms with Gasteiger partial charge in [-0.25, -0.2) is 0 Å². The Morgan fingerprint density at radius 1 is 1.11 bits per heavy atom. The first-order chi connectivity index (χ1) is 17.6. The number of aliphatic imine (C=N–C) groups is 1. The first-order valence-corrected chi connectivity index (χ1v) is 12.9. The Bertz CT molecular complexity index is 1170. The topological polar surface area (TPSA) is 90.9 Å². The van der Waals surface area contributed by atoms with E-state index in [4.69, 9.17) is 4.74 Å². The lowest BCUT2D eigenvalue weighted by Crippen LogP contribution is -2.42. The number of ether oxygens (including phenoxy) is 1. The van der Waals surface area contributed by atoms with Crippen LogP contribution in [0, 0.1) is 0 Å². The van der Waals surface area contributed by atoms with Gasteiger partial charge in [-0.05, 0) is 42.1 Å². The third kappa shape index (κ3) is 7.38. The fourth-order valence-corrected chi connectivity index (χ4v) is 4.72. The number of piperazine rings is 1. The third-order valence-electron chi connectivity index (χ3n) is 5.83. The van der Waals surface area contributed by atoms with Gasteiger partial charge in [-0.3, -0.25) is 19.7 Å². The van der Waals surface area contributed by atoms with E-state index < -0.39 is 0 Å². The number of thioether (sulfide) groups is 1. The Morgan fingerprint density at radius 2 is 1.86 bits per heavy atom. The van der Waals surface area contributed by atoms with Crippen molar-refractivity contribution in [1.29, 1.82) is 0 Å². The minimum Gasteiger partial charge on any atom is -0.457 e. The summed E-state index contributed by atoms with van der Waals surface area (Å²) in [6.45, 7) is 9.83. The molecule has 3 N–H and O–H groups in total. The standard InChI is InChI=1S/C27H32N6O2S/c1-28-24-8-7-22(35-23-9-10-32-25(15-23)27(34)29-2)16-26(24)36-19-31-17-20-3-5-21(6-4-20)18-33-13-11-30-12-14-33/h3-10,15-16,30-31H,1,11-14,17-19H2,2H3,(H,29,34). The van der Waals surface area contributed by atoms with Crippen molar-refractivity contribution in [2.75, 3.05) is 39.1 Å². The van der Waals surface area contributed by atoms with Crippen molar-refractivity contribution >= 4 is 30.1 Å². The van der Waals surface area contributed by atoms with E-state index in [9.17, 15) is 4.79 Å². The molecule has 1 aromatic heterocycles. The van der Waals surface area contributed by atoms with E-state index in [1.165, 1.54) is 11.1 Å². The summed E-state index contributed by atoms with van der Waals surface area (Å²) in [7, 11) is 1.57. The van der Waals surface area contributed by atoms with Crippen LogP contribution in [0.25, 0.3) is 0 Å². The Kier molecular flexibility index (Phi) is 9.46. The van der Waals surface area contributed by atoms with E-state index in [-0.39, 0.29) is 5.91 Å². The Morgan fingerprint density at radius 3 is 2.61 bits per heavy atom. The first-order valence-electron chi connectivity index (χ1n) is 12.0. The SMILES string of the molecule is C=Nc1ccc(Oc2ccnc(C(=O)NC)c2)cc1SCNCc1ccc(CN2CCNCC2)cc1. The molecule has 0 aliphatic carbocycles. The van der Waals surface area contributed by atoms with Crippen LogP contribution in [0.3, 0.4) is 0 Å². The highest BCUT2D eigenvalue weighted by Gasteiger charge is 2.11. The fraction of sp³-hybridized carbons (Fsp3) is 0.296. The zero-order chi connectivity index (χ0) is 25.2. The van der Waals surface area contributed by atoms with E-state index in [2.05, 4.69) is 61.8 Å². The molecule has 2 aromatic carbocycles. The van der Waals surface area contributed by atoms with Crippen molar-refractivity contribution in [1.82, 2.24) is 25.8 Å². The smallest absolute Gasteiger partial charge is 0.269 e. The number of carbonyl (C=O) groups excluding carboxylic acids is 1. The van der Waals surface area contributed by atoms with Crippen LogP contribution in [-0.4, -0.2) is 61.6 Å². The van der Waals surface area contributed by atoms with Gasteiger partial charge in [-0.1, -0.05) is 24.3 Å². The van der Waals surface area contributed by atoms with Gasteiger partial charge in [-0.2, -0.15) is 0 Å². The maximum absolute atomic E-state index is 11.8. The first kappa shape index (κ1) is 25.8. The summed E-state index contributed by atoms with van der Waals surface area (Å²) < 4.78 is 5.97. The maximum atomic E-state index is 11.8. The average molecular weight is 505 g/mol. The van der Waals surface area contributed by atoms with E-state index in [1.807, 2.05) is 18.2 Å². The predicted octanol–water partition coefficient (Wildman–Crippen LogP) is 3.81. The summed E-state index contributed by atoms with van der Waals surface area (Å²) in [6.07, 6.45) is 1.55. The molecule has 1 aliphatic heterocycles. The average Bonchev–Trinajstić information content (AvgIpc) is 2.92. The molecule has 1 saturated heterocycles. The molecule has 0 atom stereocenters. The summed E-state index contributed by atoms with van der Waals surface area (Å²) in [6, 6.07) is 17.8. The van der Waals surface area contributed by atoms with Crippen LogP contribution in [0.15, 0.2) is 70.7 Å². The van der Waals surface area contributed by atoms with E-state index in [0.717, 1.165) is 49.9 Å². The van der Waals surface area contributed by atoms with Gasteiger partial charge in [0.05, 0.1) is 5.69 Å². The van der Waals surface area contributed by atoms with Crippen molar-refractivity contribution in [2.45, 2.75) is 18.0 Å². The van der Waals surface area contributed by atoms with Crippen LogP contribution in [-0.2, 0) is 13.1 Å². The monoisotopic (exact) mass is 504 g/mol. The molecule has 0 bridgehead atoms. The van der Waals surface area contributed by atoms with Crippen LogP contribution in [0.1, 0.15) is 21.6 Å². The molecule has 3 aromatic rings. The summed E-state index contributed by atoms with van der Waals surface area (Å²) >= 11 is 1.64. The van der Waals surface area contributed by atoms with E-state index in [1.54, 1.807) is 37.1 Å². The quantitative estimate of drug-likeness (QED) is 0.158. The van der Waals surface area contributed by atoms with Crippen molar-refractivity contribution in [3.8, 4) is 11.5 Å². The second-order valence-corrected chi connectivity index (χ2v) is 9.42. The highest BCUT2D eigenvalue weighted by molar-refractivity contribution is 7.99. The number of pyridine rings is 1. The van der Waals surface area contributed by atoms with Crippen molar-refractivity contribution < 1.29 is 9.53 Å². The molecule has 0 radical (unpaired) electrons. The van der Waals surface area contributed by atoms with Crippen molar-refractivity contribution in [2.24, 2.45) is 4.99 Å². The molecule has 1 fully saturated rings.